The van der Waals surface area contributed by atoms with Gasteiger partial charge in [-0.05, 0) is 13.0 Å². The first-order chi connectivity index (χ1) is 7.17. The van der Waals surface area contributed by atoms with E-state index >= 15 is 0 Å². The molecular weight excluding hydrogens is 196 g/mol. The highest BCUT2D eigenvalue weighted by molar-refractivity contribution is 5.65. The van der Waals surface area contributed by atoms with E-state index in [2.05, 4.69) is 6.58 Å². The van der Waals surface area contributed by atoms with E-state index in [4.69, 9.17) is 14.2 Å². The summed E-state index contributed by atoms with van der Waals surface area (Å²) in [7, 11) is 0. The summed E-state index contributed by atoms with van der Waals surface area (Å²) in [6.45, 7) is 7.71. The third kappa shape index (κ3) is 3.49. The first-order valence-electron chi connectivity index (χ1n) is 4.92. The fraction of sp³-hybridized carbons (Fsp3) is 0.545. The predicted molar refractivity (Wildman–Crippen MR) is 55.2 cm³/mol. The maximum atomic E-state index is 10.6. The lowest BCUT2D eigenvalue weighted by atomic mass is 10.2. The molecule has 0 fully saturated rings. The second kappa shape index (κ2) is 5.68. The predicted octanol–water partition coefficient (Wildman–Crippen LogP) is 1.42. The normalized spacial score (nSPS) is 24.8. The molecule has 4 nitrogen and oxygen atoms in total. The number of rotatable bonds is 5. The third-order valence-corrected chi connectivity index (χ3v) is 1.95. The van der Waals surface area contributed by atoms with Gasteiger partial charge >= 0.3 is 5.97 Å². The summed E-state index contributed by atoms with van der Waals surface area (Å²) < 4.78 is 15.7. The summed E-state index contributed by atoms with van der Waals surface area (Å²) >= 11 is 0. The summed E-state index contributed by atoms with van der Waals surface area (Å²) in [5.74, 6) is -0.313. The molecule has 0 aromatic heterocycles. The SMILES string of the molecule is C=CC1=C[C@@H](COC(C)=O)O[C@H]1OCC. The van der Waals surface area contributed by atoms with Crippen LogP contribution in [-0.4, -0.2) is 31.6 Å². The smallest absolute Gasteiger partial charge is 0.302 e. The molecule has 0 N–H and O–H groups in total. The molecule has 0 saturated heterocycles. The topological polar surface area (TPSA) is 44.8 Å². The molecule has 2 atom stereocenters. The number of ether oxygens (including phenoxy) is 3. The van der Waals surface area contributed by atoms with Crippen molar-refractivity contribution in [2.24, 2.45) is 0 Å². The van der Waals surface area contributed by atoms with E-state index in [1.807, 2.05) is 13.0 Å². The van der Waals surface area contributed by atoms with E-state index in [1.54, 1.807) is 6.08 Å². The van der Waals surface area contributed by atoms with Crippen molar-refractivity contribution in [1.82, 2.24) is 0 Å². The number of hydrogen-bond donors (Lipinski definition) is 0. The summed E-state index contributed by atoms with van der Waals surface area (Å²) in [6.07, 6.45) is 2.93. The number of carbonyl (C=O) groups excluding carboxylic acids is 1. The Morgan fingerprint density at radius 1 is 1.73 bits per heavy atom. The monoisotopic (exact) mass is 212 g/mol. The number of esters is 1. The van der Waals surface area contributed by atoms with Crippen LogP contribution >= 0.6 is 0 Å². The van der Waals surface area contributed by atoms with E-state index in [9.17, 15) is 4.79 Å². The lowest BCUT2D eigenvalue weighted by Crippen LogP contribution is -2.21. The molecule has 1 heterocycles. The van der Waals surface area contributed by atoms with Crippen LogP contribution in [-0.2, 0) is 19.0 Å². The highest BCUT2D eigenvalue weighted by Crippen LogP contribution is 2.21. The van der Waals surface area contributed by atoms with Gasteiger partial charge in [0.15, 0.2) is 6.29 Å². The molecule has 0 aromatic carbocycles. The van der Waals surface area contributed by atoms with E-state index in [0.717, 1.165) is 5.57 Å². The Hall–Kier alpha value is -1.13. The van der Waals surface area contributed by atoms with Crippen LogP contribution in [0.15, 0.2) is 24.3 Å². The van der Waals surface area contributed by atoms with Crippen molar-refractivity contribution >= 4 is 5.97 Å². The van der Waals surface area contributed by atoms with Gasteiger partial charge in [0.25, 0.3) is 0 Å². The fourth-order valence-corrected chi connectivity index (χ4v) is 1.31. The minimum atomic E-state index is -0.381. The van der Waals surface area contributed by atoms with Crippen molar-refractivity contribution in [3.05, 3.63) is 24.3 Å². The van der Waals surface area contributed by atoms with Gasteiger partial charge in [-0.1, -0.05) is 12.7 Å². The highest BCUT2D eigenvalue weighted by atomic mass is 16.7. The van der Waals surface area contributed by atoms with Crippen LogP contribution in [0.4, 0.5) is 0 Å². The van der Waals surface area contributed by atoms with Gasteiger partial charge in [0.05, 0.1) is 0 Å². The van der Waals surface area contributed by atoms with Crippen molar-refractivity contribution in [3.63, 3.8) is 0 Å². The van der Waals surface area contributed by atoms with E-state index in [1.165, 1.54) is 6.92 Å². The van der Waals surface area contributed by atoms with Crippen LogP contribution in [0.3, 0.4) is 0 Å². The van der Waals surface area contributed by atoms with Gasteiger partial charge in [0, 0.05) is 19.1 Å². The first-order valence-corrected chi connectivity index (χ1v) is 4.92. The average molecular weight is 212 g/mol. The lowest BCUT2D eigenvalue weighted by Gasteiger charge is -2.15. The minimum Gasteiger partial charge on any atom is -0.463 e. The van der Waals surface area contributed by atoms with Gasteiger partial charge < -0.3 is 14.2 Å². The maximum Gasteiger partial charge on any atom is 0.302 e. The van der Waals surface area contributed by atoms with Crippen molar-refractivity contribution in [1.29, 1.82) is 0 Å². The van der Waals surface area contributed by atoms with Crippen LogP contribution in [0.1, 0.15) is 13.8 Å². The van der Waals surface area contributed by atoms with E-state index < -0.39 is 0 Å². The molecule has 84 valence electrons. The molecule has 1 aliphatic heterocycles. The Bertz CT molecular complexity index is 270. The summed E-state index contributed by atoms with van der Waals surface area (Å²) in [5.41, 5.74) is 0.883. The van der Waals surface area contributed by atoms with Crippen molar-refractivity contribution in [2.45, 2.75) is 26.2 Å². The molecular formula is C11H16O4. The molecule has 0 saturated carbocycles. The van der Waals surface area contributed by atoms with Gasteiger partial charge in [-0.25, -0.2) is 0 Å². The molecule has 1 rings (SSSR count). The van der Waals surface area contributed by atoms with Gasteiger partial charge in [0.1, 0.15) is 12.7 Å². The highest BCUT2D eigenvalue weighted by Gasteiger charge is 2.26. The van der Waals surface area contributed by atoms with Gasteiger partial charge in [-0.2, -0.15) is 0 Å². The average Bonchev–Trinajstić information content (AvgIpc) is 2.58. The molecule has 0 aromatic rings. The molecule has 0 unspecified atom stereocenters. The Kier molecular flexibility index (Phi) is 4.52. The molecule has 0 aliphatic carbocycles. The van der Waals surface area contributed by atoms with Crippen molar-refractivity contribution < 1.29 is 19.0 Å². The molecule has 15 heavy (non-hydrogen) atoms. The number of hydrogen-bond acceptors (Lipinski definition) is 4. The van der Waals surface area contributed by atoms with Crippen LogP contribution in [0.2, 0.25) is 0 Å². The minimum absolute atomic E-state index is 0.218. The zero-order valence-corrected chi connectivity index (χ0v) is 9.06. The molecule has 0 bridgehead atoms. The zero-order chi connectivity index (χ0) is 11.3. The van der Waals surface area contributed by atoms with E-state index in [0.29, 0.717) is 6.61 Å². The summed E-state index contributed by atoms with van der Waals surface area (Å²) in [5, 5.41) is 0. The largest absolute Gasteiger partial charge is 0.463 e. The second-order valence-corrected chi connectivity index (χ2v) is 3.14. The Labute approximate surface area is 89.5 Å². The Morgan fingerprint density at radius 2 is 2.47 bits per heavy atom. The molecule has 1 aliphatic rings. The van der Waals surface area contributed by atoms with E-state index in [-0.39, 0.29) is 25.0 Å². The lowest BCUT2D eigenvalue weighted by molar-refractivity contribution is -0.153. The van der Waals surface area contributed by atoms with Crippen molar-refractivity contribution in [2.75, 3.05) is 13.2 Å². The summed E-state index contributed by atoms with van der Waals surface area (Å²) in [4.78, 5) is 10.6. The maximum absolute atomic E-state index is 10.6. The van der Waals surface area contributed by atoms with Gasteiger partial charge in [0.2, 0.25) is 0 Å². The third-order valence-electron chi connectivity index (χ3n) is 1.95. The molecule has 0 spiro atoms. The van der Waals surface area contributed by atoms with Crippen LogP contribution in [0.5, 0.6) is 0 Å². The molecule has 0 amide bonds. The van der Waals surface area contributed by atoms with Crippen molar-refractivity contribution in [3.8, 4) is 0 Å². The molecule has 4 heteroatoms. The zero-order valence-electron chi connectivity index (χ0n) is 9.06. The fourth-order valence-electron chi connectivity index (χ4n) is 1.31. The van der Waals surface area contributed by atoms with Gasteiger partial charge in [-0.15, -0.1) is 0 Å². The van der Waals surface area contributed by atoms with Gasteiger partial charge in [-0.3, -0.25) is 4.79 Å². The number of carbonyl (C=O) groups is 1. The second-order valence-electron chi connectivity index (χ2n) is 3.14. The quantitative estimate of drug-likeness (QED) is 0.646. The summed E-state index contributed by atoms with van der Waals surface area (Å²) in [6, 6.07) is 0. The standard InChI is InChI=1S/C11H16O4/c1-4-9-6-10(7-14-8(3)12)15-11(9)13-5-2/h4,6,10-11H,1,5,7H2,2-3H3/t10-,11+/m0/s1. The Morgan fingerprint density at radius 3 is 3.00 bits per heavy atom. The first kappa shape index (κ1) is 11.9. The Balaban J connectivity index is 2.47. The molecule has 0 radical (unpaired) electrons. The van der Waals surface area contributed by atoms with Crippen LogP contribution in [0, 0.1) is 0 Å². The van der Waals surface area contributed by atoms with Crippen LogP contribution in [0.25, 0.3) is 0 Å². The van der Waals surface area contributed by atoms with Crippen LogP contribution < -0.4 is 0 Å².